The Labute approximate surface area is 230 Å². The van der Waals surface area contributed by atoms with E-state index in [-0.39, 0.29) is 18.3 Å². The second-order valence-corrected chi connectivity index (χ2v) is 11.4. The molecule has 0 aromatic carbocycles. The van der Waals surface area contributed by atoms with Crippen molar-refractivity contribution in [1.29, 1.82) is 0 Å². The Morgan fingerprint density at radius 1 is 0.744 bits per heavy atom. The summed E-state index contributed by atoms with van der Waals surface area (Å²) < 4.78 is 5.26. The average molecular weight is 559 g/mol. The number of rotatable bonds is 15. The van der Waals surface area contributed by atoms with Crippen molar-refractivity contribution in [1.82, 2.24) is 21.3 Å². The number of aliphatic carboxylic acids is 2. The monoisotopic (exact) mass is 558 g/mol. The quantitative estimate of drug-likeness (QED) is 0.173. The number of amides is 4. The summed E-state index contributed by atoms with van der Waals surface area (Å²) in [6.07, 6.45) is -0.942. The van der Waals surface area contributed by atoms with Gasteiger partial charge in [0.25, 0.3) is 0 Å². The third-order valence-electron chi connectivity index (χ3n) is 5.75. The minimum absolute atomic E-state index is 0.0917. The molecule has 0 rings (SSSR count). The van der Waals surface area contributed by atoms with Crippen molar-refractivity contribution in [2.45, 2.75) is 111 Å². The van der Waals surface area contributed by atoms with E-state index in [0.717, 1.165) is 0 Å². The number of hydrogen-bond acceptors (Lipinski definition) is 7. The van der Waals surface area contributed by atoms with Crippen LogP contribution in [0.5, 0.6) is 0 Å². The third-order valence-corrected chi connectivity index (χ3v) is 5.75. The molecule has 6 N–H and O–H groups in total. The highest BCUT2D eigenvalue weighted by Gasteiger charge is 2.34. The molecule has 0 saturated carbocycles. The van der Waals surface area contributed by atoms with E-state index in [1.54, 1.807) is 55.4 Å². The smallest absolute Gasteiger partial charge is 0.408 e. The summed E-state index contributed by atoms with van der Waals surface area (Å²) in [5, 5.41) is 28.4. The van der Waals surface area contributed by atoms with Crippen LogP contribution in [-0.2, 0) is 28.7 Å². The molecular formula is C26H46N4O9. The summed E-state index contributed by atoms with van der Waals surface area (Å²) in [7, 11) is 0. The van der Waals surface area contributed by atoms with E-state index in [2.05, 4.69) is 21.3 Å². The van der Waals surface area contributed by atoms with Gasteiger partial charge in [-0.25, -0.2) is 9.59 Å². The Kier molecular flexibility index (Phi) is 14.5. The van der Waals surface area contributed by atoms with Crippen molar-refractivity contribution >= 4 is 35.8 Å². The molecule has 5 atom stereocenters. The molecule has 0 bridgehead atoms. The lowest BCUT2D eigenvalue weighted by Gasteiger charge is -2.29. The predicted molar refractivity (Wildman–Crippen MR) is 143 cm³/mol. The zero-order valence-electron chi connectivity index (χ0n) is 24.4. The number of ether oxygens (including phenoxy) is 1. The molecule has 0 fully saturated rings. The topological polar surface area (TPSA) is 200 Å². The van der Waals surface area contributed by atoms with Crippen LogP contribution >= 0.6 is 0 Å². The molecule has 0 aromatic heterocycles. The highest BCUT2D eigenvalue weighted by atomic mass is 16.6. The minimum Gasteiger partial charge on any atom is -0.481 e. The Hall–Kier alpha value is -3.38. The molecule has 0 aliphatic heterocycles. The van der Waals surface area contributed by atoms with E-state index in [4.69, 9.17) is 4.74 Å². The van der Waals surface area contributed by atoms with Crippen LogP contribution in [0.25, 0.3) is 0 Å². The van der Waals surface area contributed by atoms with Crippen LogP contribution in [0, 0.1) is 17.8 Å². The van der Waals surface area contributed by atoms with E-state index < -0.39 is 77.9 Å². The maximum atomic E-state index is 13.2. The predicted octanol–water partition coefficient (Wildman–Crippen LogP) is 1.64. The molecule has 224 valence electrons. The lowest BCUT2D eigenvalue weighted by molar-refractivity contribution is -0.144. The van der Waals surface area contributed by atoms with Gasteiger partial charge in [-0.05, 0) is 44.9 Å². The first kappa shape index (κ1) is 35.6. The molecule has 0 aromatic rings. The van der Waals surface area contributed by atoms with Crippen molar-refractivity contribution < 1.29 is 43.7 Å². The van der Waals surface area contributed by atoms with Gasteiger partial charge in [0.15, 0.2) is 0 Å². The minimum atomic E-state index is -1.59. The van der Waals surface area contributed by atoms with Crippen molar-refractivity contribution in [3.05, 3.63) is 0 Å². The third kappa shape index (κ3) is 13.8. The summed E-state index contributed by atoms with van der Waals surface area (Å²) in [5.41, 5.74) is -0.796. The molecule has 0 aliphatic rings. The van der Waals surface area contributed by atoms with Crippen molar-refractivity contribution in [2.24, 2.45) is 17.8 Å². The fraction of sp³-hybridized carbons (Fsp3) is 0.769. The molecule has 0 aliphatic carbocycles. The van der Waals surface area contributed by atoms with E-state index in [9.17, 15) is 39.0 Å². The largest absolute Gasteiger partial charge is 0.481 e. The van der Waals surface area contributed by atoms with Crippen molar-refractivity contribution in [3.63, 3.8) is 0 Å². The van der Waals surface area contributed by atoms with Crippen LogP contribution in [0.1, 0.15) is 81.6 Å². The lowest BCUT2D eigenvalue weighted by atomic mass is 9.96. The number of alkyl carbamates (subject to hydrolysis) is 1. The Morgan fingerprint density at radius 3 is 1.67 bits per heavy atom. The first-order chi connectivity index (χ1) is 17.8. The summed E-state index contributed by atoms with van der Waals surface area (Å²) in [5.74, 6) is -6.08. The number of carboxylic acid groups (broad SMARTS) is 2. The van der Waals surface area contributed by atoms with Gasteiger partial charge in [0.1, 0.15) is 29.8 Å². The van der Waals surface area contributed by atoms with Crippen LogP contribution in [-0.4, -0.2) is 75.7 Å². The number of carbonyl (C=O) groups excluding carboxylic acids is 4. The van der Waals surface area contributed by atoms with Crippen LogP contribution < -0.4 is 21.3 Å². The SMILES string of the molecule is CC[C@H](C)[C@H](NC(=O)OC(C)(C)C)C(=O)N[C@@H](CC(C)C)C(=O)N[C@@H](CC(=O)O)C(=O)N[C@H](C(=O)O)C(C)C. The van der Waals surface area contributed by atoms with Gasteiger partial charge in [-0.15, -0.1) is 0 Å². The van der Waals surface area contributed by atoms with E-state index in [1.165, 1.54) is 0 Å². The molecule has 0 saturated heterocycles. The maximum absolute atomic E-state index is 13.2. The summed E-state index contributed by atoms with van der Waals surface area (Å²) in [4.78, 5) is 74.5. The number of nitrogens with one attached hydrogen (secondary N) is 4. The van der Waals surface area contributed by atoms with E-state index >= 15 is 0 Å². The van der Waals surface area contributed by atoms with E-state index in [0.29, 0.717) is 6.42 Å². The van der Waals surface area contributed by atoms with Crippen LogP contribution in [0.3, 0.4) is 0 Å². The maximum Gasteiger partial charge on any atom is 0.408 e. The molecular weight excluding hydrogens is 512 g/mol. The molecule has 0 radical (unpaired) electrons. The molecule has 0 unspecified atom stereocenters. The fourth-order valence-electron chi connectivity index (χ4n) is 3.52. The molecule has 0 heterocycles. The first-order valence-electron chi connectivity index (χ1n) is 13.1. The Morgan fingerprint density at radius 2 is 1.26 bits per heavy atom. The van der Waals surface area contributed by atoms with Gasteiger partial charge in [-0.1, -0.05) is 48.0 Å². The van der Waals surface area contributed by atoms with Gasteiger partial charge in [0, 0.05) is 0 Å². The normalized spacial score (nSPS) is 15.4. The number of hydrogen-bond donors (Lipinski definition) is 6. The van der Waals surface area contributed by atoms with Crippen molar-refractivity contribution in [3.8, 4) is 0 Å². The first-order valence-corrected chi connectivity index (χ1v) is 13.1. The zero-order valence-corrected chi connectivity index (χ0v) is 24.4. The molecule has 39 heavy (non-hydrogen) atoms. The Balaban J connectivity index is 5.89. The second kappa shape index (κ2) is 15.9. The van der Waals surface area contributed by atoms with Crippen LogP contribution in [0.15, 0.2) is 0 Å². The van der Waals surface area contributed by atoms with Gasteiger partial charge in [-0.3, -0.25) is 19.2 Å². The molecule has 0 spiro atoms. The highest BCUT2D eigenvalue weighted by Crippen LogP contribution is 2.13. The number of carbonyl (C=O) groups is 6. The molecule has 4 amide bonds. The standard InChI is InChI=1S/C26H46N4O9/c1-10-15(6)20(30-25(38)39-26(7,8)9)23(35)28-16(11-13(2)3)21(33)27-17(12-18(31)32)22(34)29-19(14(4)5)24(36)37/h13-17,19-20H,10-12H2,1-9H3,(H,27,33)(H,28,35)(H,29,34)(H,30,38)(H,31,32)(H,36,37)/t15-,16-,17-,19-,20-/m0/s1. The van der Waals surface area contributed by atoms with Gasteiger partial charge >= 0.3 is 18.0 Å². The second-order valence-electron chi connectivity index (χ2n) is 11.4. The van der Waals surface area contributed by atoms with Crippen molar-refractivity contribution in [2.75, 3.05) is 0 Å². The summed E-state index contributed by atoms with van der Waals surface area (Å²) in [6, 6.07) is -5.10. The lowest BCUT2D eigenvalue weighted by Crippen LogP contribution is -2.59. The van der Waals surface area contributed by atoms with Crippen LogP contribution in [0.4, 0.5) is 4.79 Å². The van der Waals surface area contributed by atoms with Gasteiger partial charge in [-0.2, -0.15) is 0 Å². The van der Waals surface area contributed by atoms with Gasteiger partial charge < -0.3 is 36.2 Å². The summed E-state index contributed by atoms with van der Waals surface area (Å²) in [6.45, 7) is 15.4. The van der Waals surface area contributed by atoms with Crippen LogP contribution in [0.2, 0.25) is 0 Å². The average Bonchev–Trinajstić information content (AvgIpc) is 2.76. The van der Waals surface area contributed by atoms with E-state index in [1.807, 2.05) is 6.92 Å². The molecule has 13 heteroatoms. The zero-order chi connectivity index (χ0) is 30.7. The number of carboxylic acids is 2. The van der Waals surface area contributed by atoms with Gasteiger partial charge in [0.2, 0.25) is 17.7 Å². The molecule has 13 nitrogen and oxygen atoms in total. The fourth-order valence-corrected chi connectivity index (χ4v) is 3.52. The summed E-state index contributed by atoms with van der Waals surface area (Å²) >= 11 is 0. The van der Waals surface area contributed by atoms with Gasteiger partial charge in [0.05, 0.1) is 6.42 Å². The highest BCUT2D eigenvalue weighted by molar-refractivity contribution is 5.96. The Bertz CT molecular complexity index is 883.